The molecule has 0 aliphatic carbocycles. The molecule has 2 aromatic carbocycles. The van der Waals surface area contributed by atoms with E-state index in [9.17, 15) is 9.59 Å². The predicted octanol–water partition coefficient (Wildman–Crippen LogP) is 4.01. The molecular formula is C20H24N2O3. The van der Waals surface area contributed by atoms with Gasteiger partial charge in [0.05, 0.1) is 6.54 Å². The quantitative estimate of drug-likeness (QED) is 0.616. The minimum Gasteiger partial charge on any atom is -0.491 e. The second kappa shape index (κ2) is 8.33. The third kappa shape index (κ3) is 5.35. The Labute approximate surface area is 148 Å². The van der Waals surface area contributed by atoms with Crippen LogP contribution in [0.25, 0.3) is 0 Å². The van der Waals surface area contributed by atoms with Crippen LogP contribution < -0.4 is 15.4 Å². The van der Waals surface area contributed by atoms with Crippen molar-refractivity contribution in [2.45, 2.75) is 27.7 Å². The summed E-state index contributed by atoms with van der Waals surface area (Å²) < 4.78 is 5.79. The first-order valence-electron chi connectivity index (χ1n) is 8.23. The van der Waals surface area contributed by atoms with E-state index in [2.05, 4.69) is 29.7 Å². The largest absolute Gasteiger partial charge is 0.491 e. The summed E-state index contributed by atoms with van der Waals surface area (Å²) in [7, 11) is 0. The summed E-state index contributed by atoms with van der Waals surface area (Å²) in [4.78, 5) is 23.3. The molecule has 0 atom stereocenters. The number of ether oxygens (including phenoxy) is 1. The van der Waals surface area contributed by atoms with Crippen LogP contribution in [0.3, 0.4) is 0 Å². The zero-order valence-electron chi connectivity index (χ0n) is 15.1. The Kier molecular flexibility index (Phi) is 6.17. The molecule has 0 unspecified atom stereocenters. The van der Waals surface area contributed by atoms with Gasteiger partial charge in [0, 0.05) is 11.3 Å². The Balaban J connectivity index is 1.81. The highest BCUT2D eigenvalue weighted by molar-refractivity contribution is 5.96. The average molecular weight is 340 g/mol. The molecule has 0 heterocycles. The van der Waals surface area contributed by atoms with Gasteiger partial charge in [0.2, 0.25) is 0 Å². The first-order valence-corrected chi connectivity index (χ1v) is 8.23. The molecule has 2 amide bonds. The first kappa shape index (κ1) is 18.5. The second-order valence-corrected chi connectivity index (χ2v) is 6.09. The molecule has 132 valence electrons. The topological polar surface area (TPSA) is 67.4 Å². The molecule has 5 heteroatoms. The van der Waals surface area contributed by atoms with Crippen molar-refractivity contribution in [1.29, 1.82) is 0 Å². The molecule has 25 heavy (non-hydrogen) atoms. The molecule has 2 rings (SSSR count). The number of aryl methyl sites for hydroxylation is 3. The molecular weight excluding hydrogens is 316 g/mol. The summed E-state index contributed by atoms with van der Waals surface area (Å²) in [5.74, 6) is 0.822. The number of urea groups is 1. The molecule has 0 aliphatic heterocycles. The van der Waals surface area contributed by atoms with Gasteiger partial charge in [-0.2, -0.15) is 0 Å². The highest BCUT2D eigenvalue weighted by Crippen LogP contribution is 2.24. The second-order valence-electron chi connectivity index (χ2n) is 6.09. The van der Waals surface area contributed by atoms with E-state index in [1.807, 2.05) is 13.8 Å². The molecule has 0 radical (unpaired) electrons. The van der Waals surface area contributed by atoms with Crippen LogP contribution in [0, 0.1) is 20.8 Å². The van der Waals surface area contributed by atoms with Gasteiger partial charge >= 0.3 is 6.03 Å². The maximum atomic E-state index is 11.9. The fourth-order valence-electron chi connectivity index (χ4n) is 2.70. The Morgan fingerprint density at radius 1 is 1.04 bits per heavy atom. The maximum Gasteiger partial charge on any atom is 0.319 e. The molecule has 5 nitrogen and oxygen atoms in total. The summed E-state index contributed by atoms with van der Waals surface area (Å²) in [6, 6.07) is 10.7. The van der Waals surface area contributed by atoms with Crippen LogP contribution >= 0.6 is 0 Å². The Hall–Kier alpha value is -2.82. The van der Waals surface area contributed by atoms with Crippen molar-refractivity contribution >= 4 is 17.5 Å². The molecule has 0 saturated heterocycles. The zero-order chi connectivity index (χ0) is 18.4. The van der Waals surface area contributed by atoms with Gasteiger partial charge in [0.15, 0.2) is 5.78 Å². The van der Waals surface area contributed by atoms with Crippen molar-refractivity contribution in [2.24, 2.45) is 0 Å². The van der Waals surface area contributed by atoms with E-state index in [1.54, 1.807) is 24.3 Å². The van der Waals surface area contributed by atoms with Gasteiger partial charge in [-0.15, -0.1) is 0 Å². The molecule has 2 aromatic rings. The lowest BCUT2D eigenvalue weighted by Crippen LogP contribution is -2.32. The number of carbonyl (C=O) groups is 2. The van der Waals surface area contributed by atoms with Crippen LogP contribution in [0.1, 0.15) is 34.0 Å². The number of ketones is 1. The summed E-state index contributed by atoms with van der Waals surface area (Å²) >= 11 is 0. The van der Waals surface area contributed by atoms with Crippen molar-refractivity contribution in [2.75, 3.05) is 18.5 Å². The SMILES string of the molecule is CC(=O)c1cccc(NC(=O)NCCOc2c(C)cc(C)cc2C)c1. The van der Waals surface area contributed by atoms with Gasteiger partial charge in [-0.25, -0.2) is 4.79 Å². The fraction of sp³-hybridized carbons (Fsp3) is 0.300. The van der Waals surface area contributed by atoms with Gasteiger partial charge in [0.25, 0.3) is 0 Å². The van der Waals surface area contributed by atoms with E-state index >= 15 is 0 Å². The molecule has 2 N–H and O–H groups in total. The van der Waals surface area contributed by atoms with Crippen LogP contribution in [-0.2, 0) is 0 Å². The van der Waals surface area contributed by atoms with Gasteiger partial charge in [-0.05, 0) is 51.0 Å². The maximum absolute atomic E-state index is 11.9. The lowest BCUT2D eigenvalue weighted by Gasteiger charge is -2.14. The van der Waals surface area contributed by atoms with Crippen LogP contribution in [0.2, 0.25) is 0 Å². The zero-order valence-corrected chi connectivity index (χ0v) is 15.1. The average Bonchev–Trinajstić information content (AvgIpc) is 2.53. The predicted molar refractivity (Wildman–Crippen MR) is 99.6 cm³/mol. The number of amides is 2. The van der Waals surface area contributed by atoms with Crippen LogP contribution in [0.4, 0.5) is 10.5 Å². The number of nitrogens with one attached hydrogen (secondary N) is 2. The monoisotopic (exact) mass is 340 g/mol. The Morgan fingerprint density at radius 2 is 1.72 bits per heavy atom. The molecule has 0 aliphatic rings. The van der Waals surface area contributed by atoms with Gasteiger partial charge in [-0.1, -0.05) is 29.8 Å². The van der Waals surface area contributed by atoms with E-state index in [1.165, 1.54) is 12.5 Å². The van der Waals surface area contributed by atoms with E-state index in [-0.39, 0.29) is 11.8 Å². The van der Waals surface area contributed by atoms with Crippen LogP contribution in [-0.4, -0.2) is 25.0 Å². The van der Waals surface area contributed by atoms with Crippen molar-refractivity contribution in [3.05, 3.63) is 58.7 Å². The minimum atomic E-state index is -0.332. The van der Waals surface area contributed by atoms with Crippen molar-refractivity contribution in [3.8, 4) is 5.75 Å². The smallest absolute Gasteiger partial charge is 0.319 e. The van der Waals surface area contributed by atoms with Gasteiger partial charge in [0.1, 0.15) is 12.4 Å². The standard InChI is InChI=1S/C20H24N2O3/c1-13-10-14(2)19(15(3)11-13)25-9-8-21-20(24)22-18-7-5-6-17(12-18)16(4)23/h5-7,10-12H,8-9H2,1-4H3,(H2,21,22,24). The normalized spacial score (nSPS) is 10.2. The van der Waals surface area contributed by atoms with E-state index < -0.39 is 0 Å². The highest BCUT2D eigenvalue weighted by atomic mass is 16.5. The minimum absolute atomic E-state index is 0.0405. The lowest BCUT2D eigenvalue weighted by molar-refractivity contribution is 0.101. The summed E-state index contributed by atoms with van der Waals surface area (Å²) in [5, 5.41) is 5.45. The number of Topliss-reactive ketones (excluding diaryl/α,β-unsaturated/α-hetero) is 1. The summed E-state index contributed by atoms with van der Waals surface area (Å²) in [5.41, 5.74) is 4.52. The Morgan fingerprint density at radius 3 is 2.36 bits per heavy atom. The van der Waals surface area contributed by atoms with Crippen molar-refractivity contribution in [3.63, 3.8) is 0 Å². The van der Waals surface area contributed by atoms with E-state index in [0.717, 1.165) is 16.9 Å². The third-order valence-corrected chi connectivity index (χ3v) is 3.77. The molecule has 0 spiro atoms. The number of carbonyl (C=O) groups excluding carboxylic acids is 2. The van der Waals surface area contributed by atoms with E-state index in [4.69, 9.17) is 4.74 Å². The number of hydrogen-bond donors (Lipinski definition) is 2. The van der Waals surface area contributed by atoms with Crippen molar-refractivity contribution in [1.82, 2.24) is 5.32 Å². The van der Waals surface area contributed by atoms with Crippen LogP contribution in [0.5, 0.6) is 5.75 Å². The molecule has 0 aromatic heterocycles. The first-order chi connectivity index (χ1) is 11.9. The molecule has 0 fully saturated rings. The molecule has 0 saturated carbocycles. The molecule has 0 bridgehead atoms. The lowest BCUT2D eigenvalue weighted by atomic mass is 10.1. The third-order valence-electron chi connectivity index (χ3n) is 3.77. The van der Waals surface area contributed by atoms with Gasteiger partial charge < -0.3 is 15.4 Å². The van der Waals surface area contributed by atoms with Crippen molar-refractivity contribution < 1.29 is 14.3 Å². The van der Waals surface area contributed by atoms with Crippen LogP contribution in [0.15, 0.2) is 36.4 Å². The van der Waals surface area contributed by atoms with E-state index in [0.29, 0.717) is 24.4 Å². The number of benzene rings is 2. The number of rotatable bonds is 6. The number of hydrogen-bond acceptors (Lipinski definition) is 3. The van der Waals surface area contributed by atoms with Gasteiger partial charge in [-0.3, -0.25) is 4.79 Å². The fourth-order valence-corrected chi connectivity index (χ4v) is 2.70. The highest BCUT2D eigenvalue weighted by Gasteiger charge is 2.06. The number of anilines is 1. The Bertz CT molecular complexity index is 761. The summed E-state index contributed by atoms with van der Waals surface area (Å²) in [6.45, 7) is 8.33. The summed E-state index contributed by atoms with van der Waals surface area (Å²) in [6.07, 6.45) is 0.